The minimum Gasteiger partial charge on any atom is -0.476 e. The Morgan fingerprint density at radius 2 is 2.25 bits per heavy atom. The molecule has 0 aliphatic carbocycles. The van der Waals surface area contributed by atoms with Gasteiger partial charge in [0.15, 0.2) is 5.69 Å². The number of carbonyl (C=O) groups is 1. The molecule has 1 N–H and O–H groups in total. The van der Waals surface area contributed by atoms with E-state index in [-0.39, 0.29) is 5.69 Å². The highest BCUT2D eigenvalue weighted by Gasteiger charge is 2.16. The van der Waals surface area contributed by atoms with Gasteiger partial charge in [-0.2, -0.15) is 0 Å². The molecule has 3 nitrogen and oxygen atoms in total. The van der Waals surface area contributed by atoms with E-state index >= 15 is 0 Å². The Morgan fingerprint density at radius 3 is 2.88 bits per heavy atom. The molecule has 0 saturated heterocycles. The van der Waals surface area contributed by atoms with Crippen LogP contribution in [-0.2, 0) is 0 Å². The Hall–Kier alpha value is -1.39. The number of carboxylic acid groups (broad SMARTS) is 1. The van der Waals surface area contributed by atoms with Crippen LogP contribution in [0.4, 0.5) is 0 Å². The number of halogens is 1. The molecule has 0 unspecified atom stereocenters. The highest BCUT2D eigenvalue weighted by Crippen LogP contribution is 2.31. The van der Waals surface area contributed by atoms with E-state index in [2.05, 4.69) is 4.98 Å². The van der Waals surface area contributed by atoms with Gasteiger partial charge in [-0.25, -0.2) is 9.78 Å². The molecule has 0 radical (unpaired) electrons. The summed E-state index contributed by atoms with van der Waals surface area (Å²) in [6.45, 7) is 1.90. The third-order valence-electron chi connectivity index (χ3n) is 2.20. The van der Waals surface area contributed by atoms with Crippen LogP contribution in [0.3, 0.4) is 0 Å². The van der Waals surface area contributed by atoms with Crippen molar-refractivity contribution in [3.05, 3.63) is 40.0 Å². The zero-order valence-electron chi connectivity index (χ0n) is 8.40. The maximum absolute atomic E-state index is 11.0. The summed E-state index contributed by atoms with van der Waals surface area (Å²) in [5, 5.41) is 9.62. The predicted octanol–water partition coefficient (Wildman–Crippen LogP) is 3.47. The van der Waals surface area contributed by atoms with Crippen LogP contribution in [0.1, 0.15) is 16.1 Å². The summed E-state index contributed by atoms with van der Waals surface area (Å²) in [7, 11) is 0. The molecule has 0 aliphatic rings. The predicted molar refractivity (Wildman–Crippen MR) is 64.3 cm³/mol. The van der Waals surface area contributed by atoms with Crippen LogP contribution in [0, 0.1) is 6.92 Å². The molecule has 16 heavy (non-hydrogen) atoms. The Balaban J connectivity index is 2.59. The van der Waals surface area contributed by atoms with E-state index in [1.54, 1.807) is 6.07 Å². The van der Waals surface area contributed by atoms with E-state index in [0.717, 1.165) is 11.1 Å². The van der Waals surface area contributed by atoms with Crippen molar-refractivity contribution in [2.24, 2.45) is 0 Å². The third kappa shape index (κ3) is 1.94. The van der Waals surface area contributed by atoms with Gasteiger partial charge < -0.3 is 5.11 Å². The minimum atomic E-state index is -1.01. The minimum absolute atomic E-state index is 0.0930. The number of hydrogen-bond acceptors (Lipinski definition) is 3. The first kappa shape index (κ1) is 11.1. The van der Waals surface area contributed by atoms with Gasteiger partial charge in [-0.15, -0.1) is 11.3 Å². The maximum Gasteiger partial charge on any atom is 0.356 e. The first-order valence-electron chi connectivity index (χ1n) is 4.53. The SMILES string of the molecule is Cc1cc(Cl)ccc1-c1scnc1C(=O)O. The molecule has 0 aliphatic heterocycles. The van der Waals surface area contributed by atoms with E-state index in [4.69, 9.17) is 16.7 Å². The number of benzene rings is 1. The van der Waals surface area contributed by atoms with Gasteiger partial charge in [0.05, 0.1) is 10.4 Å². The molecule has 2 rings (SSSR count). The monoisotopic (exact) mass is 253 g/mol. The van der Waals surface area contributed by atoms with E-state index in [1.165, 1.54) is 16.8 Å². The number of nitrogens with zero attached hydrogens (tertiary/aromatic N) is 1. The fraction of sp³-hybridized carbons (Fsp3) is 0.0909. The molecule has 1 heterocycles. The fourth-order valence-electron chi connectivity index (χ4n) is 1.47. The van der Waals surface area contributed by atoms with Crippen molar-refractivity contribution >= 4 is 28.9 Å². The van der Waals surface area contributed by atoms with Gasteiger partial charge in [-0.3, -0.25) is 0 Å². The second-order valence-electron chi connectivity index (χ2n) is 3.29. The zero-order chi connectivity index (χ0) is 11.7. The van der Waals surface area contributed by atoms with Crippen LogP contribution in [0.5, 0.6) is 0 Å². The number of aryl methyl sites for hydroxylation is 1. The van der Waals surface area contributed by atoms with E-state index in [9.17, 15) is 4.79 Å². The van der Waals surface area contributed by atoms with Gasteiger partial charge in [-0.1, -0.05) is 17.7 Å². The number of rotatable bonds is 2. The van der Waals surface area contributed by atoms with Crippen LogP contribution in [0.2, 0.25) is 5.02 Å². The van der Waals surface area contributed by atoms with Crippen LogP contribution in [-0.4, -0.2) is 16.1 Å². The van der Waals surface area contributed by atoms with Crippen molar-refractivity contribution in [2.45, 2.75) is 6.92 Å². The topological polar surface area (TPSA) is 50.2 Å². The van der Waals surface area contributed by atoms with Gasteiger partial charge in [0.2, 0.25) is 0 Å². The lowest BCUT2D eigenvalue weighted by Crippen LogP contribution is -1.98. The molecular formula is C11H8ClNO2S. The molecular weight excluding hydrogens is 246 g/mol. The molecule has 0 amide bonds. The van der Waals surface area contributed by atoms with E-state index in [0.29, 0.717) is 9.90 Å². The molecule has 0 spiro atoms. The summed E-state index contributed by atoms with van der Waals surface area (Å²) in [4.78, 5) is 15.5. The van der Waals surface area contributed by atoms with Crippen molar-refractivity contribution in [1.82, 2.24) is 4.98 Å². The van der Waals surface area contributed by atoms with Crippen LogP contribution in [0.15, 0.2) is 23.7 Å². The summed E-state index contributed by atoms with van der Waals surface area (Å²) in [5.74, 6) is -1.01. The lowest BCUT2D eigenvalue weighted by atomic mass is 10.1. The van der Waals surface area contributed by atoms with Crippen molar-refractivity contribution in [1.29, 1.82) is 0 Å². The van der Waals surface area contributed by atoms with Gasteiger partial charge >= 0.3 is 5.97 Å². The molecule has 0 bridgehead atoms. The summed E-state index contributed by atoms with van der Waals surface area (Å²) in [5.41, 5.74) is 3.44. The smallest absolute Gasteiger partial charge is 0.356 e. The number of aromatic nitrogens is 1. The summed E-state index contributed by atoms with van der Waals surface area (Å²) in [6.07, 6.45) is 0. The fourth-order valence-corrected chi connectivity index (χ4v) is 2.57. The Morgan fingerprint density at radius 1 is 1.50 bits per heavy atom. The quantitative estimate of drug-likeness (QED) is 0.892. The van der Waals surface area contributed by atoms with Crippen LogP contribution >= 0.6 is 22.9 Å². The Kier molecular flexibility index (Phi) is 2.94. The standard InChI is InChI=1S/C11H8ClNO2S/c1-6-4-7(12)2-3-8(6)10-9(11(14)15)13-5-16-10/h2-5H,1H3,(H,14,15). The maximum atomic E-state index is 11.0. The Bertz CT molecular complexity index is 551. The van der Waals surface area contributed by atoms with E-state index in [1.807, 2.05) is 19.1 Å². The molecule has 1 aromatic heterocycles. The number of hydrogen-bond donors (Lipinski definition) is 1. The first-order chi connectivity index (χ1) is 7.59. The zero-order valence-corrected chi connectivity index (χ0v) is 9.97. The first-order valence-corrected chi connectivity index (χ1v) is 5.78. The average molecular weight is 254 g/mol. The number of aromatic carboxylic acids is 1. The average Bonchev–Trinajstić information content (AvgIpc) is 2.66. The molecule has 2 aromatic rings. The Labute approximate surface area is 101 Å². The molecule has 0 fully saturated rings. The normalized spacial score (nSPS) is 10.4. The lowest BCUT2D eigenvalue weighted by Gasteiger charge is -2.04. The second kappa shape index (κ2) is 4.23. The molecule has 0 atom stereocenters. The second-order valence-corrected chi connectivity index (χ2v) is 4.59. The van der Waals surface area contributed by atoms with Crippen molar-refractivity contribution in [2.75, 3.05) is 0 Å². The van der Waals surface area contributed by atoms with Crippen molar-refractivity contribution in [3.8, 4) is 10.4 Å². The molecule has 0 saturated carbocycles. The summed E-state index contributed by atoms with van der Waals surface area (Å²) in [6, 6.07) is 5.37. The third-order valence-corrected chi connectivity index (χ3v) is 3.30. The highest BCUT2D eigenvalue weighted by molar-refractivity contribution is 7.13. The van der Waals surface area contributed by atoms with Gasteiger partial charge in [-0.05, 0) is 30.2 Å². The number of thiazole rings is 1. The highest BCUT2D eigenvalue weighted by atomic mass is 35.5. The largest absolute Gasteiger partial charge is 0.476 e. The van der Waals surface area contributed by atoms with Gasteiger partial charge in [0.1, 0.15) is 0 Å². The molecule has 82 valence electrons. The molecule has 5 heteroatoms. The van der Waals surface area contributed by atoms with Crippen LogP contribution in [0.25, 0.3) is 10.4 Å². The summed E-state index contributed by atoms with van der Waals surface area (Å²) < 4.78 is 0. The van der Waals surface area contributed by atoms with Crippen molar-refractivity contribution < 1.29 is 9.90 Å². The van der Waals surface area contributed by atoms with E-state index < -0.39 is 5.97 Å². The van der Waals surface area contributed by atoms with Crippen LogP contribution < -0.4 is 0 Å². The van der Waals surface area contributed by atoms with Crippen molar-refractivity contribution in [3.63, 3.8) is 0 Å². The lowest BCUT2D eigenvalue weighted by molar-refractivity contribution is 0.0692. The number of carboxylic acids is 1. The van der Waals surface area contributed by atoms with Gasteiger partial charge in [0.25, 0.3) is 0 Å². The molecule has 1 aromatic carbocycles. The summed E-state index contributed by atoms with van der Waals surface area (Å²) >= 11 is 7.17. The van der Waals surface area contributed by atoms with Gasteiger partial charge in [0, 0.05) is 5.02 Å².